The van der Waals surface area contributed by atoms with Gasteiger partial charge in [0.2, 0.25) is 11.8 Å². The summed E-state index contributed by atoms with van der Waals surface area (Å²) in [5, 5.41) is 15.6. The SMILES string of the molecule is COc1cc(C2=CN(C)C(O)C3=C2CCN(C(=O)NCC(F)F)C3)cc(OC)c1CN1CCN(CCC2CCN(c3ccc4c(c3)C(=O)N(C3CCC(=O)NC3=O)C4=O)CC2)CC1. The van der Waals surface area contributed by atoms with E-state index < -0.39 is 54.9 Å². The number of likely N-dealkylation sites (N-methyl/N-ethyl adjacent to an activating group) is 1. The highest BCUT2D eigenvalue weighted by Gasteiger charge is 2.45. The molecule has 16 nitrogen and oxygen atoms in total. The maximum Gasteiger partial charge on any atom is 0.317 e. The minimum absolute atomic E-state index is 0.0831. The Hall–Kier alpha value is -5.59. The molecular formula is C45H56F2N8O8. The second-order valence-corrected chi connectivity index (χ2v) is 17.2. The second-order valence-electron chi connectivity index (χ2n) is 17.2. The molecular weight excluding hydrogens is 819 g/mol. The Morgan fingerprint density at radius 1 is 0.889 bits per heavy atom. The zero-order chi connectivity index (χ0) is 44.5. The third-order valence-corrected chi connectivity index (χ3v) is 13.5. The number of nitrogens with one attached hydrogen (secondary N) is 2. The van der Waals surface area contributed by atoms with Crippen molar-refractivity contribution in [3.63, 3.8) is 0 Å². The normalized spacial score (nSPS) is 22.7. The third kappa shape index (κ3) is 9.11. The van der Waals surface area contributed by atoms with E-state index in [9.17, 15) is 37.9 Å². The van der Waals surface area contributed by atoms with Crippen molar-refractivity contribution >= 4 is 40.9 Å². The van der Waals surface area contributed by atoms with Gasteiger partial charge in [-0.3, -0.25) is 34.3 Å². The van der Waals surface area contributed by atoms with E-state index in [1.54, 1.807) is 38.3 Å². The number of allylic oxidation sites excluding steroid dienone is 1. The van der Waals surface area contributed by atoms with E-state index in [4.69, 9.17) is 9.47 Å². The lowest BCUT2D eigenvalue weighted by molar-refractivity contribution is -0.136. The van der Waals surface area contributed by atoms with E-state index in [0.717, 1.165) is 97.9 Å². The van der Waals surface area contributed by atoms with Gasteiger partial charge in [0.25, 0.3) is 18.2 Å². The molecule has 6 aliphatic rings. The molecule has 6 aliphatic heterocycles. The Morgan fingerprint density at radius 3 is 2.24 bits per heavy atom. The van der Waals surface area contributed by atoms with Crippen LogP contribution < -0.4 is 25.0 Å². The second kappa shape index (κ2) is 18.6. The van der Waals surface area contributed by atoms with Gasteiger partial charge >= 0.3 is 6.03 Å². The van der Waals surface area contributed by atoms with Crippen LogP contribution in [0.3, 0.4) is 0 Å². The molecule has 0 saturated carbocycles. The Labute approximate surface area is 365 Å². The van der Waals surface area contributed by atoms with E-state index in [0.29, 0.717) is 48.1 Å². The van der Waals surface area contributed by atoms with Crippen LogP contribution in [0.15, 0.2) is 47.7 Å². The number of imide groups is 2. The highest BCUT2D eigenvalue weighted by atomic mass is 19.3. The first-order valence-corrected chi connectivity index (χ1v) is 21.8. The van der Waals surface area contributed by atoms with Gasteiger partial charge in [-0.15, -0.1) is 0 Å². The number of nitrogens with zero attached hydrogens (tertiary/aromatic N) is 6. The van der Waals surface area contributed by atoms with Crippen molar-refractivity contribution < 1.29 is 47.3 Å². The summed E-state index contributed by atoms with van der Waals surface area (Å²) in [6.45, 7) is 6.71. The van der Waals surface area contributed by atoms with Crippen LogP contribution in [0.1, 0.15) is 70.4 Å². The number of ether oxygens (including phenoxy) is 2. The first-order valence-electron chi connectivity index (χ1n) is 21.8. The van der Waals surface area contributed by atoms with Gasteiger partial charge in [-0.1, -0.05) is 0 Å². The highest BCUT2D eigenvalue weighted by Crippen LogP contribution is 2.42. The summed E-state index contributed by atoms with van der Waals surface area (Å²) in [5.41, 5.74) is 5.71. The predicted molar refractivity (Wildman–Crippen MR) is 228 cm³/mol. The zero-order valence-corrected chi connectivity index (χ0v) is 36.0. The summed E-state index contributed by atoms with van der Waals surface area (Å²) in [6, 6.07) is 7.74. The lowest BCUT2D eigenvalue weighted by Crippen LogP contribution is -2.54. The summed E-state index contributed by atoms with van der Waals surface area (Å²) >= 11 is 0. The molecule has 8 rings (SSSR count). The monoisotopic (exact) mass is 874 g/mol. The number of amides is 6. The van der Waals surface area contributed by atoms with E-state index in [1.165, 1.54) is 4.90 Å². The molecule has 2 aromatic carbocycles. The number of hydrogen-bond acceptors (Lipinski definition) is 12. The fourth-order valence-electron chi connectivity index (χ4n) is 9.82. The molecule has 338 valence electrons. The molecule has 63 heavy (non-hydrogen) atoms. The Bertz CT molecular complexity index is 2180. The van der Waals surface area contributed by atoms with Crippen LogP contribution in [0.5, 0.6) is 11.5 Å². The molecule has 0 radical (unpaired) electrons. The number of urea groups is 1. The minimum Gasteiger partial charge on any atom is -0.496 e. The van der Waals surface area contributed by atoms with E-state index in [-0.39, 0.29) is 24.9 Å². The number of methoxy groups -OCH3 is 2. The maximum absolute atomic E-state index is 13.4. The van der Waals surface area contributed by atoms with Crippen LogP contribution in [0, 0.1) is 5.92 Å². The molecule has 3 N–H and O–H groups in total. The van der Waals surface area contributed by atoms with Gasteiger partial charge in [-0.2, -0.15) is 0 Å². The average Bonchev–Trinajstić information content (AvgIpc) is 3.53. The van der Waals surface area contributed by atoms with Gasteiger partial charge in [0.05, 0.1) is 37.5 Å². The van der Waals surface area contributed by atoms with Crippen LogP contribution in [-0.4, -0.2) is 165 Å². The van der Waals surface area contributed by atoms with Crippen molar-refractivity contribution in [1.82, 2.24) is 35.1 Å². The number of piperazine rings is 1. The Kier molecular flexibility index (Phi) is 13.0. The quantitative estimate of drug-likeness (QED) is 0.267. The third-order valence-electron chi connectivity index (χ3n) is 13.5. The fourth-order valence-corrected chi connectivity index (χ4v) is 9.82. The summed E-state index contributed by atoms with van der Waals surface area (Å²) < 4.78 is 37.4. The first-order chi connectivity index (χ1) is 30.3. The molecule has 2 atom stereocenters. The van der Waals surface area contributed by atoms with Crippen molar-refractivity contribution in [2.75, 3.05) is 91.6 Å². The molecule has 0 aromatic heterocycles. The molecule has 2 aromatic rings. The maximum atomic E-state index is 13.4. The smallest absolute Gasteiger partial charge is 0.317 e. The zero-order valence-electron chi connectivity index (χ0n) is 36.0. The number of aliphatic hydroxyl groups excluding tert-OH is 1. The van der Waals surface area contributed by atoms with Gasteiger partial charge in [0, 0.05) is 95.4 Å². The molecule has 2 unspecified atom stereocenters. The molecule has 0 bridgehead atoms. The summed E-state index contributed by atoms with van der Waals surface area (Å²) in [6.07, 6.45) is 2.07. The molecule has 18 heteroatoms. The number of rotatable bonds is 12. The standard InChI is InChI=1S/C45H56F2N8O8/c1-50-24-33(30-11-15-54(26-34(30)42(50)58)45(61)48-23-39(46)47)28-20-37(62-2)35(38(21-28)63-3)25-52-18-16-51(17-19-52)12-8-27-9-13-53(14-10-27)29-4-5-31-32(22-29)44(60)55(43(31)59)36-6-7-40(56)49-41(36)57/h4-5,20-22,24,27,36,39,42,58H,6-19,23,25-26H2,1-3H3,(H,48,61)(H,49,56,57). The molecule has 6 amide bonds. The van der Waals surface area contributed by atoms with Crippen LogP contribution in [-0.2, 0) is 16.1 Å². The molecule has 6 heterocycles. The lowest BCUT2D eigenvalue weighted by Gasteiger charge is -2.39. The molecule has 3 saturated heterocycles. The largest absolute Gasteiger partial charge is 0.496 e. The number of aliphatic hydroxyl groups is 1. The summed E-state index contributed by atoms with van der Waals surface area (Å²) in [5.74, 6) is -0.0505. The van der Waals surface area contributed by atoms with Crippen LogP contribution in [0.2, 0.25) is 0 Å². The molecule has 3 fully saturated rings. The Balaban J connectivity index is 0.828. The van der Waals surface area contributed by atoms with Crippen molar-refractivity contribution in [2.45, 2.75) is 63.8 Å². The van der Waals surface area contributed by atoms with Crippen LogP contribution >= 0.6 is 0 Å². The van der Waals surface area contributed by atoms with Gasteiger partial charge in [-0.05, 0) is 86.0 Å². The topological polar surface area (TPSA) is 168 Å². The number of benzene rings is 2. The molecule has 0 spiro atoms. The predicted octanol–water partition coefficient (Wildman–Crippen LogP) is 3.11. The van der Waals surface area contributed by atoms with E-state index in [1.807, 2.05) is 24.4 Å². The number of hydrogen-bond donors (Lipinski definition) is 3. The fraction of sp³-hybridized carbons (Fsp3) is 0.533. The van der Waals surface area contributed by atoms with E-state index >= 15 is 0 Å². The van der Waals surface area contributed by atoms with Crippen molar-refractivity contribution in [1.29, 1.82) is 0 Å². The molecule has 0 aliphatic carbocycles. The first kappa shape index (κ1) is 44.0. The van der Waals surface area contributed by atoms with Gasteiger partial charge < -0.3 is 39.5 Å². The number of fused-ring (bicyclic) bond motifs is 1. The van der Waals surface area contributed by atoms with Crippen molar-refractivity contribution in [3.05, 3.63) is 69.9 Å². The van der Waals surface area contributed by atoms with Gasteiger partial charge in [-0.25, -0.2) is 13.6 Å². The van der Waals surface area contributed by atoms with Crippen LogP contribution in [0.4, 0.5) is 19.3 Å². The van der Waals surface area contributed by atoms with Gasteiger partial charge in [0.1, 0.15) is 17.5 Å². The number of anilines is 1. The highest BCUT2D eigenvalue weighted by molar-refractivity contribution is 6.23. The number of halogens is 2. The van der Waals surface area contributed by atoms with E-state index in [2.05, 4.69) is 25.3 Å². The number of carbonyl (C=O) groups is 5. The Morgan fingerprint density at radius 2 is 1.57 bits per heavy atom. The summed E-state index contributed by atoms with van der Waals surface area (Å²) in [4.78, 5) is 74.6. The number of carbonyl (C=O) groups excluding carboxylic acids is 5. The van der Waals surface area contributed by atoms with Gasteiger partial charge in [0.15, 0.2) is 6.23 Å². The minimum atomic E-state index is -2.65. The average molecular weight is 875 g/mol. The summed E-state index contributed by atoms with van der Waals surface area (Å²) in [7, 11) is 5.04. The number of alkyl halides is 2. The van der Waals surface area contributed by atoms with Crippen molar-refractivity contribution in [3.8, 4) is 11.5 Å². The lowest BCUT2D eigenvalue weighted by atomic mass is 9.85. The number of piperidine rings is 2. The van der Waals surface area contributed by atoms with Crippen LogP contribution in [0.25, 0.3) is 5.57 Å². The van der Waals surface area contributed by atoms with Crippen molar-refractivity contribution in [2.24, 2.45) is 5.92 Å².